The van der Waals surface area contributed by atoms with Crippen molar-refractivity contribution < 1.29 is 0 Å². The van der Waals surface area contributed by atoms with E-state index in [1.807, 2.05) is 30.3 Å². The van der Waals surface area contributed by atoms with Gasteiger partial charge in [-0.2, -0.15) is 5.10 Å². The van der Waals surface area contributed by atoms with Crippen molar-refractivity contribution in [2.24, 2.45) is 0 Å². The van der Waals surface area contributed by atoms with Gasteiger partial charge in [-0.3, -0.25) is 15.1 Å². The molecule has 0 saturated heterocycles. The van der Waals surface area contributed by atoms with E-state index < -0.39 is 0 Å². The molecule has 0 radical (unpaired) electrons. The zero-order chi connectivity index (χ0) is 19.9. The van der Waals surface area contributed by atoms with Crippen molar-refractivity contribution in [1.29, 1.82) is 0 Å². The molecule has 0 aliphatic carbocycles. The second-order valence-corrected chi connectivity index (χ2v) is 6.67. The Hall–Kier alpha value is -4.53. The van der Waals surface area contributed by atoms with Gasteiger partial charge in [0.15, 0.2) is 11.5 Å². The van der Waals surface area contributed by atoms with Gasteiger partial charge in [0.25, 0.3) is 0 Å². The molecule has 6 aromatic rings. The number of nitrogens with one attached hydrogen (secondary N) is 2. The molecule has 142 valence electrons. The number of nitrogens with zero attached hydrogens (tertiary/aromatic N) is 7. The highest BCUT2D eigenvalue weighted by Gasteiger charge is 2.17. The van der Waals surface area contributed by atoms with Gasteiger partial charge >= 0.3 is 0 Å². The number of hydrogen-bond acceptors (Lipinski definition) is 7. The summed E-state index contributed by atoms with van der Waals surface area (Å²) in [5, 5.41) is 8.38. The van der Waals surface area contributed by atoms with Crippen molar-refractivity contribution in [2.45, 2.75) is 0 Å². The van der Waals surface area contributed by atoms with E-state index in [4.69, 9.17) is 0 Å². The van der Waals surface area contributed by atoms with Gasteiger partial charge in [0.1, 0.15) is 12.0 Å². The second-order valence-electron chi connectivity index (χ2n) is 6.67. The predicted molar refractivity (Wildman–Crippen MR) is 111 cm³/mol. The Balaban J connectivity index is 1.52. The number of aromatic nitrogens is 9. The maximum atomic E-state index is 4.67. The first-order chi connectivity index (χ1) is 14.9. The van der Waals surface area contributed by atoms with Crippen LogP contribution in [0.15, 0.2) is 67.6 Å². The van der Waals surface area contributed by atoms with E-state index in [1.54, 1.807) is 31.0 Å². The minimum Gasteiger partial charge on any atom is -0.335 e. The summed E-state index contributed by atoms with van der Waals surface area (Å²) in [4.78, 5) is 29.5. The van der Waals surface area contributed by atoms with E-state index in [0.717, 1.165) is 38.9 Å². The largest absolute Gasteiger partial charge is 0.335 e. The Morgan fingerprint density at radius 2 is 1.77 bits per heavy atom. The van der Waals surface area contributed by atoms with Crippen LogP contribution >= 0.6 is 0 Å². The Morgan fingerprint density at radius 3 is 2.63 bits per heavy atom. The molecule has 0 amide bonds. The number of aromatic amines is 2. The molecule has 0 aliphatic heterocycles. The van der Waals surface area contributed by atoms with Gasteiger partial charge in [-0.1, -0.05) is 6.07 Å². The number of fused-ring (bicyclic) bond motifs is 2. The van der Waals surface area contributed by atoms with Crippen molar-refractivity contribution in [2.75, 3.05) is 0 Å². The van der Waals surface area contributed by atoms with Crippen LogP contribution in [0.25, 0.3) is 56.1 Å². The molecule has 0 bridgehead atoms. The normalized spacial score (nSPS) is 11.3. The zero-order valence-corrected chi connectivity index (χ0v) is 15.5. The van der Waals surface area contributed by atoms with Gasteiger partial charge in [-0.05, 0) is 24.3 Å². The molecular formula is C21H13N9. The van der Waals surface area contributed by atoms with Gasteiger partial charge in [-0.25, -0.2) is 19.9 Å². The molecule has 6 aromatic heterocycles. The van der Waals surface area contributed by atoms with Crippen LogP contribution in [0.2, 0.25) is 0 Å². The fourth-order valence-electron chi connectivity index (χ4n) is 3.45. The van der Waals surface area contributed by atoms with Crippen LogP contribution in [0.3, 0.4) is 0 Å². The third-order valence-corrected chi connectivity index (χ3v) is 4.86. The van der Waals surface area contributed by atoms with Crippen molar-refractivity contribution in [3.63, 3.8) is 0 Å². The number of rotatable bonds is 3. The number of pyridine rings is 3. The minimum absolute atomic E-state index is 0.607. The average Bonchev–Trinajstić information content (AvgIpc) is 3.43. The van der Waals surface area contributed by atoms with Crippen LogP contribution in [0.1, 0.15) is 0 Å². The van der Waals surface area contributed by atoms with Crippen molar-refractivity contribution >= 4 is 22.1 Å². The molecule has 30 heavy (non-hydrogen) atoms. The van der Waals surface area contributed by atoms with Crippen LogP contribution in [0, 0.1) is 0 Å². The quantitative estimate of drug-likeness (QED) is 0.474. The van der Waals surface area contributed by atoms with Crippen molar-refractivity contribution in [1.82, 2.24) is 45.1 Å². The van der Waals surface area contributed by atoms with Crippen LogP contribution in [-0.2, 0) is 0 Å². The van der Waals surface area contributed by atoms with Crippen LogP contribution in [0.4, 0.5) is 0 Å². The van der Waals surface area contributed by atoms with E-state index in [-0.39, 0.29) is 0 Å². The summed E-state index contributed by atoms with van der Waals surface area (Å²) in [5.74, 6) is 0.619. The number of imidazole rings is 1. The molecule has 0 aliphatic rings. The highest BCUT2D eigenvalue weighted by molar-refractivity contribution is 5.96. The van der Waals surface area contributed by atoms with E-state index in [1.165, 1.54) is 6.33 Å². The topological polar surface area (TPSA) is 122 Å². The third-order valence-electron chi connectivity index (χ3n) is 4.86. The van der Waals surface area contributed by atoms with Crippen LogP contribution in [-0.4, -0.2) is 45.1 Å². The molecule has 2 N–H and O–H groups in total. The van der Waals surface area contributed by atoms with Gasteiger partial charge < -0.3 is 4.98 Å². The standard InChI is InChI=1S/C21H13N9/c1-2-5-24-15(3-1)13-4-6-25-20-18(13)27-21(28-20)19-14-7-16(12-8-22-11-23-9-12)26-10-17(14)29-30-19/h1-11H,(H,29,30)(H,25,27,28). The van der Waals surface area contributed by atoms with E-state index >= 15 is 0 Å². The number of hydrogen-bond donors (Lipinski definition) is 2. The molecular weight excluding hydrogens is 378 g/mol. The smallest absolute Gasteiger partial charge is 0.178 e. The maximum absolute atomic E-state index is 4.67. The first-order valence-electron chi connectivity index (χ1n) is 9.23. The molecule has 0 atom stereocenters. The summed E-state index contributed by atoms with van der Waals surface area (Å²) in [5.41, 5.74) is 6.29. The number of H-pyrrole nitrogens is 2. The molecule has 0 saturated carbocycles. The lowest BCUT2D eigenvalue weighted by molar-refractivity contribution is 1.10. The van der Waals surface area contributed by atoms with Gasteiger partial charge in [0.2, 0.25) is 0 Å². The molecule has 9 heteroatoms. The summed E-state index contributed by atoms with van der Waals surface area (Å²) in [6, 6.07) is 9.67. The Morgan fingerprint density at radius 1 is 0.833 bits per heavy atom. The first-order valence-corrected chi connectivity index (χ1v) is 9.23. The summed E-state index contributed by atoms with van der Waals surface area (Å²) in [6.45, 7) is 0. The Labute approximate surface area is 169 Å². The fourth-order valence-corrected chi connectivity index (χ4v) is 3.45. The van der Waals surface area contributed by atoms with Gasteiger partial charge in [0.05, 0.1) is 28.6 Å². The molecule has 0 spiro atoms. The molecule has 6 rings (SSSR count). The highest BCUT2D eigenvalue weighted by atomic mass is 15.1. The summed E-state index contributed by atoms with van der Waals surface area (Å²) in [7, 11) is 0. The van der Waals surface area contributed by atoms with Gasteiger partial charge in [-0.15, -0.1) is 0 Å². The van der Waals surface area contributed by atoms with Crippen LogP contribution < -0.4 is 0 Å². The maximum Gasteiger partial charge on any atom is 0.178 e. The molecule has 0 unspecified atom stereocenters. The Kier molecular flexibility index (Phi) is 3.57. The monoisotopic (exact) mass is 391 g/mol. The zero-order valence-electron chi connectivity index (χ0n) is 15.5. The third kappa shape index (κ3) is 2.60. The Bertz CT molecular complexity index is 1490. The van der Waals surface area contributed by atoms with Crippen LogP contribution in [0.5, 0.6) is 0 Å². The van der Waals surface area contributed by atoms with Crippen molar-refractivity contribution in [3.8, 4) is 34.0 Å². The first kappa shape index (κ1) is 16.4. The summed E-state index contributed by atoms with van der Waals surface area (Å²) < 4.78 is 0. The summed E-state index contributed by atoms with van der Waals surface area (Å²) >= 11 is 0. The lowest BCUT2D eigenvalue weighted by Gasteiger charge is -2.00. The van der Waals surface area contributed by atoms with Gasteiger partial charge in [0, 0.05) is 41.3 Å². The lowest BCUT2D eigenvalue weighted by atomic mass is 10.1. The molecule has 9 nitrogen and oxygen atoms in total. The van der Waals surface area contributed by atoms with E-state index in [2.05, 4.69) is 45.1 Å². The fraction of sp³-hybridized carbons (Fsp3) is 0. The second kappa shape index (κ2) is 6.52. The highest BCUT2D eigenvalue weighted by Crippen LogP contribution is 2.30. The lowest BCUT2D eigenvalue weighted by Crippen LogP contribution is -1.87. The SMILES string of the molecule is c1ccc(-c2ccnc3nc(-c4n[nH]c5cnc(-c6cncnc6)cc45)[nH]c23)nc1. The minimum atomic E-state index is 0.607. The summed E-state index contributed by atoms with van der Waals surface area (Å²) in [6.07, 6.45) is 10.2. The average molecular weight is 391 g/mol. The van der Waals surface area contributed by atoms with Crippen molar-refractivity contribution in [3.05, 3.63) is 67.6 Å². The van der Waals surface area contributed by atoms with E-state index in [9.17, 15) is 0 Å². The van der Waals surface area contributed by atoms with E-state index in [0.29, 0.717) is 17.2 Å². The predicted octanol–water partition coefficient (Wildman–Crippen LogP) is 3.42. The molecule has 6 heterocycles. The molecule has 0 aromatic carbocycles. The molecule has 0 fully saturated rings.